The molecule has 90 valence electrons. The molecule has 0 aliphatic carbocycles. The van der Waals surface area contributed by atoms with E-state index in [4.69, 9.17) is 29.0 Å². The number of hydrogen-bond acceptors (Lipinski definition) is 3. The molecule has 2 aromatic rings. The van der Waals surface area contributed by atoms with Crippen LogP contribution in [0.5, 0.6) is 0 Å². The number of nitrogens with one attached hydrogen (secondary N) is 1. The molecule has 0 amide bonds. The Bertz CT molecular complexity index is 465. The smallest absolute Gasteiger partial charge is 0.0594 e. The van der Waals surface area contributed by atoms with Gasteiger partial charge in [-0.2, -0.15) is 0 Å². The highest BCUT2D eigenvalue weighted by molar-refractivity contribution is 7.10. The monoisotopic (exact) mass is 286 g/mol. The van der Waals surface area contributed by atoms with Crippen LogP contribution in [0.4, 0.5) is 0 Å². The van der Waals surface area contributed by atoms with Gasteiger partial charge in [0, 0.05) is 14.9 Å². The van der Waals surface area contributed by atoms with Crippen molar-refractivity contribution in [2.24, 2.45) is 5.84 Å². The first-order chi connectivity index (χ1) is 8.22. The van der Waals surface area contributed by atoms with E-state index in [-0.39, 0.29) is 6.04 Å². The number of nitrogens with two attached hydrogens (primary N) is 1. The van der Waals surface area contributed by atoms with Crippen molar-refractivity contribution in [1.29, 1.82) is 0 Å². The lowest BCUT2D eigenvalue weighted by Gasteiger charge is -2.16. The van der Waals surface area contributed by atoms with E-state index in [0.29, 0.717) is 16.5 Å². The maximum atomic E-state index is 6.14. The Morgan fingerprint density at radius 1 is 1.18 bits per heavy atom. The summed E-state index contributed by atoms with van der Waals surface area (Å²) in [5.74, 6) is 5.58. The van der Waals surface area contributed by atoms with Gasteiger partial charge < -0.3 is 0 Å². The maximum Gasteiger partial charge on any atom is 0.0594 e. The van der Waals surface area contributed by atoms with Crippen LogP contribution in [-0.4, -0.2) is 0 Å². The molecule has 0 radical (unpaired) electrons. The van der Waals surface area contributed by atoms with Gasteiger partial charge in [-0.3, -0.25) is 11.3 Å². The van der Waals surface area contributed by atoms with Crippen LogP contribution < -0.4 is 11.3 Å². The molecule has 0 aliphatic rings. The van der Waals surface area contributed by atoms with Gasteiger partial charge in [0.1, 0.15) is 0 Å². The summed E-state index contributed by atoms with van der Waals surface area (Å²) in [6.07, 6.45) is 0.676. The van der Waals surface area contributed by atoms with Gasteiger partial charge in [0.2, 0.25) is 0 Å². The lowest BCUT2D eigenvalue weighted by atomic mass is 10.1. The van der Waals surface area contributed by atoms with Gasteiger partial charge in [-0.05, 0) is 35.6 Å². The summed E-state index contributed by atoms with van der Waals surface area (Å²) in [6, 6.07) is 9.59. The Morgan fingerprint density at radius 3 is 2.41 bits per heavy atom. The fourth-order valence-electron chi connectivity index (χ4n) is 1.66. The third-order valence-corrected chi connectivity index (χ3v) is 4.25. The second kappa shape index (κ2) is 5.85. The fraction of sp³-hybridized carbons (Fsp3) is 0.167. The first kappa shape index (κ1) is 12.9. The molecule has 1 unspecified atom stereocenters. The van der Waals surface area contributed by atoms with Gasteiger partial charge in [-0.1, -0.05) is 35.3 Å². The van der Waals surface area contributed by atoms with Crippen molar-refractivity contribution in [2.45, 2.75) is 12.5 Å². The molecule has 1 atom stereocenters. The zero-order valence-electron chi connectivity index (χ0n) is 8.99. The molecule has 0 fully saturated rings. The third-order valence-electron chi connectivity index (χ3n) is 2.56. The first-order valence-electron chi connectivity index (χ1n) is 5.14. The molecule has 3 N–H and O–H groups in total. The molecule has 2 rings (SSSR count). The Labute approximate surface area is 114 Å². The average Bonchev–Trinajstić information content (AvgIpc) is 2.82. The molecular weight excluding hydrogens is 275 g/mol. The molecule has 0 saturated carbocycles. The predicted octanol–water partition coefficient (Wildman–Crippen LogP) is 3.80. The van der Waals surface area contributed by atoms with Gasteiger partial charge in [0.15, 0.2) is 0 Å². The molecule has 1 aromatic heterocycles. The molecule has 0 bridgehead atoms. The maximum absolute atomic E-state index is 6.14. The van der Waals surface area contributed by atoms with E-state index in [1.165, 1.54) is 4.88 Å². The lowest BCUT2D eigenvalue weighted by molar-refractivity contribution is 0.561. The molecule has 0 aliphatic heterocycles. The topological polar surface area (TPSA) is 38.0 Å². The van der Waals surface area contributed by atoms with Crippen LogP contribution in [0.2, 0.25) is 10.0 Å². The van der Waals surface area contributed by atoms with Crippen LogP contribution in [0.25, 0.3) is 0 Å². The Morgan fingerprint density at radius 2 is 1.88 bits per heavy atom. The Hall–Kier alpha value is -0.580. The second-order valence-electron chi connectivity index (χ2n) is 3.64. The number of hydrazine groups is 1. The molecule has 0 saturated heterocycles. The summed E-state index contributed by atoms with van der Waals surface area (Å²) in [6.45, 7) is 0. The van der Waals surface area contributed by atoms with Crippen LogP contribution in [0.15, 0.2) is 35.7 Å². The van der Waals surface area contributed by atoms with E-state index in [1.54, 1.807) is 11.3 Å². The molecular formula is C12H12Cl2N2S. The van der Waals surface area contributed by atoms with Crippen molar-refractivity contribution in [3.8, 4) is 0 Å². The molecule has 2 nitrogen and oxygen atoms in total. The summed E-state index contributed by atoms with van der Waals surface area (Å²) in [4.78, 5) is 1.17. The van der Waals surface area contributed by atoms with Crippen molar-refractivity contribution in [1.82, 2.24) is 5.43 Å². The number of hydrogen-bond donors (Lipinski definition) is 2. The van der Waals surface area contributed by atoms with E-state index in [1.807, 2.05) is 35.7 Å². The van der Waals surface area contributed by atoms with Crippen LogP contribution in [0.1, 0.15) is 16.5 Å². The third kappa shape index (κ3) is 3.00. The van der Waals surface area contributed by atoms with E-state index in [2.05, 4.69) is 5.43 Å². The summed E-state index contributed by atoms with van der Waals surface area (Å²) >= 11 is 13.9. The normalized spacial score (nSPS) is 12.6. The van der Waals surface area contributed by atoms with Crippen molar-refractivity contribution in [3.63, 3.8) is 0 Å². The molecule has 1 heterocycles. The average molecular weight is 287 g/mol. The van der Waals surface area contributed by atoms with Gasteiger partial charge in [0.05, 0.1) is 6.04 Å². The Kier molecular flexibility index (Phi) is 4.42. The summed E-state index contributed by atoms with van der Waals surface area (Å²) in [7, 11) is 0. The number of thiophene rings is 1. The quantitative estimate of drug-likeness (QED) is 0.663. The Balaban J connectivity index is 2.25. The molecule has 5 heteroatoms. The molecule has 17 heavy (non-hydrogen) atoms. The second-order valence-corrected chi connectivity index (χ2v) is 5.43. The van der Waals surface area contributed by atoms with E-state index < -0.39 is 0 Å². The summed E-state index contributed by atoms with van der Waals surface area (Å²) < 4.78 is 0. The van der Waals surface area contributed by atoms with Crippen LogP contribution in [0, 0.1) is 0 Å². The number of halogens is 2. The molecule has 0 spiro atoms. The first-order valence-corrected chi connectivity index (χ1v) is 6.78. The van der Waals surface area contributed by atoms with Gasteiger partial charge in [-0.15, -0.1) is 11.3 Å². The van der Waals surface area contributed by atoms with E-state index in [9.17, 15) is 0 Å². The largest absolute Gasteiger partial charge is 0.271 e. The highest BCUT2D eigenvalue weighted by Gasteiger charge is 2.15. The zero-order chi connectivity index (χ0) is 12.3. The highest BCUT2D eigenvalue weighted by Crippen LogP contribution is 2.30. The van der Waals surface area contributed by atoms with E-state index in [0.717, 1.165) is 5.56 Å². The van der Waals surface area contributed by atoms with Crippen LogP contribution >= 0.6 is 34.5 Å². The van der Waals surface area contributed by atoms with Gasteiger partial charge in [-0.25, -0.2) is 0 Å². The zero-order valence-corrected chi connectivity index (χ0v) is 11.3. The highest BCUT2D eigenvalue weighted by atomic mass is 35.5. The van der Waals surface area contributed by atoms with Crippen molar-refractivity contribution in [2.75, 3.05) is 0 Å². The lowest BCUT2D eigenvalue weighted by Crippen LogP contribution is -2.29. The minimum atomic E-state index is 0.0346. The van der Waals surface area contributed by atoms with E-state index >= 15 is 0 Å². The van der Waals surface area contributed by atoms with Crippen LogP contribution in [0.3, 0.4) is 0 Å². The minimum Gasteiger partial charge on any atom is -0.271 e. The predicted molar refractivity (Wildman–Crippen MR) is 74.5 cm³/mol. The fourth-order valence-corrected chi connectivity index (χ4v) is 3.00. The van der Waals surface area contributed by atoms with Crippen molar-refractivity contribution in [3.05, 3.63) is 56.2 Å². The summed E-state index contributed by atoms with van der Waals surface area (Å²) in [5.41, 5.74) is 3.72. The SMILES string of the molecule is NNC(Cc1c(Cl)cccc1Cl)c1cccs1. The van der Waals surface area contributed by atoms with Crippen LogP contribution in [-0.2, 0) is 6.42 Å². The van der Waals surface area contributed by atoms with Gasteiger partial charge in [0.25, 0.3) is 0 Å². The van der Waals surface area contributed by atoms with Crippen molar-refractivity contribution < 1.29 is 0 Å². The van der Waals surface area contributed by atoms with Gasteiger partial charge >= 0.3 is 0 Å². The number of rotatable bonds is 4. The minimum absolute atomic E-state index is 0.0346. The summed E-state index contributed by atoms with van der Waals surface area (Å²) in [5, 5.41) is 3.37. The number of benzene rings is 1. The standard InChI is InChI=1S/C12H12Cl2N2S/c13-9-3-1-4-10(14)8(9)7-11(16-15)12-5-2-6-17-12/h1-6,11,16H,7,15H2. The molecule has 1 aromatic carbocycles. The van der Waals surface area contributed by atoms with Crippen molar-refractivity contribution >= 4 is 34.5 Å².